The molecule has 0 aromatic heterocycles. The van der Waals surface area contributed by atoms with Crippen LogP contribution in [0.25, 0.3) is 0 Å². The first-order valence-corrected chi connectivity index (χ1v) is 5.75. The Morgan fingerprint density at radius 1 is 0.760 bits per heavy atom. The molecule has 0 saturated heterocycles. The Bertz CT molecular complexity index is 445. The molecule has 0 aliphatic carbocycles. The van der Waals surface area contributed by atoms with Crippen molar-refractivity contribution in [3.8, 4) is 0 Å². The molecular weight excluding hydrogens is 380 g/mol. The van der Waals surface area contributed by atoms with E-state index in [0.29, 0.717) is 0 Å². The molecule has 0 bridgehead atoms. The minimum Gasteiger partial charge on any atom is -0.550 e. The number of hydrogen-bond acceptors (Lipinski definition) is 10. The van der Waals surface area contributed by atoms with E-state index in [2.05, 4.69) is 5.32 Å². The van der Waals surface area contributed by atoms with Gasteiger partial charge in [0.15, 0.2) is 0 Å². The first-order chi connectivity index (χ1) is 9.42. The molecule has 0 aliphatic rings. The van der Waals surface area contributed by atoms with Crippen LogP contribution in [0.1, 0.15) is 26.2 Å². The number of carbonyl (C=O) groups excluding carboxylic acids is 4. The van der Waals surface area contributed by atoms with E-state index < -0.39 is 60.8 Å². The van der Waals surface area contributed by atoms with Crippen molar-refractivity contribution in [1.29, 1.82) is 0 Å². The van der Waals surface area contributed by atoms with Gasteiger partial charge in [-0.05, 0) is 6.92 Å². The van der Waals surface area contributed by atoms with Crippen LogP contribution in [0.5, 0.6) is 0 Å². The molecule has 0 aromatic carbocycles. The molecule has 0 rings (SSSR count). The number of carboxylic acids is 4. The Morgan fingerprint density at radius 2 is 1.08 bits per heavy atom. The second-order valence-electron chi connectivity index (χ2n) is 4.87. The average Bonchev–Trinajstić information content (AvgIpc) is 2.21. The molecular formula is C11H14N2Na4O8. The van der Waals surface area contributed by atoms with E-state index in [1.54, 1.807) is 0 Å². The molecule has 1 atom stereocenters. The standard InChI is InChI=1S/C11H18N2O8.4Na/c1-10(12,2-6(14)15)11(3-7(16)17,4-8(18)19)13-5-9(20)21;;;;/h13H,2-5,12H2,1H3,(H,14,15)(H,16,17)(H,18,19)(H,20,21);;;;/q;4*+1/p-4. The molecule has 120 valence electrons. The van der Waals surface area contributed by atoms with Crippen molar-refractivity contribution in [2.75, 3.05) is 6.54 Å². The summed E-state index contributed by atoms with van der Waals surface area (Å²) in [6, 6.07) is 0. The molecule has 0 aliphatic heterocycles. The van der Waals surface area contributed by atoms with E-state index in [4.69, 9.17) is 5.73 Å². The molecule has 1 unspecified atom stereocenters. The van der Waals surface area contributed by atoms with Gasteiger partial charge in [0.25, 0.3) is 0 Å². The maximum atomic E-state index is 10.8. The van der Waals surface area contributed by atoms with E-state index in [1.165, 1.54) is 0 Å². The summed E-state index contributed by atoms with van der Waals surface area (Å²) in [6.07, 6.45) is -3.02. The molecule has 0 spiro atoms. The first-order valence-electron chi connectivity index (χ1n) is 5.75. The molecule has 0 aromatic rings. The van der Waals surface area contributed by atoms with Crippen LogP contribution in [0.4, 0.5) is 0 Å². The van der Waals surface area contributed by atoms with Crippen molar-refractivity contribution in [3.63, 3.8) is 0 Å². The van der Waals surface area contributed by atoms with Gasteiger partial charge in [-0.2, -0.15) is 0 Å². The zero-order valence-electron chi connectivity index (χ0n) is 15.2. The maximum Gasteiger partial charge on any atom is 1.00 e. The number of aliphatic carboxylic acids is 4. The maximum absolute atomic E-state index is 10.8. The van der Waals surface area contributed by atoms with Gasteiger partial charge in [0.1, 0.15) is 0 Å². The van der Waals surface area contributed by atoms with Crippen LogP contribution < -0.4 is 150 Å². The minimum atomic E-state index is -2.13. The van der Waals surface area contributed by atoms with Gasteiger partial charge in [-0.15, -0.1) is 0 Å². The van der Waals surface area contributed by atoms with Crippen LogP contribution in [0.3, 0.4) is 0 Å². The monoisotopic (exact) mass is 394 g/mol. The number of hydrogen-bond donors (Lipinski definition) is 2. The Morgan fingerprint density at radius 3 is 1.32 bits per heavy atom. The molecule has 0 heterocycles. The summed E-state index contributed by atoms with van der Waals surface area (Å²) in [5, 5.41) is 45.0. The average molecular weight is 394 g/mol. The summed E-state index contributed by atoms with van der Waals surface area (Å²) in [7, 11) is 0. The topological polar surface area (TPSA) is 199 Å². The van der Waals surface area contributed by atoms with Crippen molar-refractivity contribution in [3.05, 3.63) is 0 Å². The Labute approximate surface area is 233 Å². The van der Waals surface area contributed by atoms with Crippen LogP contribution in [-0.2, 0) is 19.2 Å². The second kappa shape index (κ2) is 16.7. The third-order valence-electron chi connectivity index (χ3n) is 3.07. The van der Waals surface area contributed by atoms with Gasteiger partial charge in [0.2, 0.25) is 0 Å². The van der Waals surface area contributed by atoms with Crippen molar-refractivity contribution < 1.29 is 158 Å². The van der Waals surface area contributed by atoms with Crippen molar-refractivity contribution in [1.82, 2.24) is 5.32 Å². The summed E-state index contributed by atoms with van der Waals surface area (Å²) in [5.41, 5.74) is 1.60. The summed E-state index contributed by atoms with van der Waals surface area (Å²) in [5.74, 6) is -6.84. The molecule has 3 N–H and O–H groups in total. The van der Waals surface area contributed by atoms with Crippen molar-refractivity contribution >= 4 is 23.9 Å². The molecule has 0 amide bonds. The van der Waals surface area contributed by atoms with Crippen molar-refractivity contribution in [2.45, 2.75) is 37.3 Å². The summed E-state index contributed by atoms with van der Waals surface area (Å²) >= 11 is 0. The van der Waals surface area contributed by atoms with Gasteiger partial charge in [-0.3, -0.25) is 0 Å². The van der Waals surface area contributed by atoms with Gasteiger partial charge >= 0.3 is 118 Å². The summed E-state index contributed by atoms with van der Waals surface area (Å²) in [4.78, 5) is 42.9. The predicted octanol–water partition coefficient (Wildman–Crippen LogP) is -18.8. The normalized spacial score (nSPS) is 11.9. The second-order valence-corrected chi connectivity index (χ2v) is 4.87. The smallest absolute Gasteiger partial charge is 0.550 e. The Balaban J connectivity index is -0.000000333. The Kier molecular flexibility index (Phi) is 25.1. The van der Waals surface area contributed by atoms with E-state index in [1.807, 2.05) is 0 Å². The molecule has 25 heavy (non-hydrogen) atoms. The zero-order valence-corrected chi connectivity index (χ0v) is 23.2. The molecule has 0 fully saturated rings. The number of nitrogens with two attached hydrogens (primary N) is 1. The van der Waals surface area contributed by atoms with Crippen LogP contribution in [0.2, 0.25) is 0 Å². The van der Waals surface area contributed by atoms with Gasteiger partial charge in [0.05, 0.1) is 5.97 Å². The van der Waals surface area contributed by atoms with Gasteiger partial charge in [-0.25, -0.2) is 0 Å². The third kappa shape index (κ3) is 14.5. The molecule has 10 nitrogen and oxygen atoms in total. The van der Waals surface area contributed by atoms with Crippen LogP contribution in [0, 0.1) is 0 Å². The number of rotatable bonds is 10. The third-order valence-corrected chi connectivity index (χ3v) is 3.07. The largest absolute Gasteiger partial charge is 1.00 e. The fourth-order valence-electron chi connectivity index (χ4n) is 2.00. The van der Waals surface area contributed by atoms with Gasteiger partial charge in [0, 0.05) is 54.8 Å². The fraction of sp³-hybridized carbons (Fsp3) is 0.636. The number of carboxylic acid groups (broad SMARTS) is 4. The van der Waals surface area contributed by atoms with E-state index in [9.17, 15) is 39.6 Å². The zero-order chi connectivity index (χ0) is 16.8. The minimum absolute atomic E-state index is 0. The summed E-state index contributed by atoms with van der Waals surface area (Å²) < 4.78 is 0. The van der Waals surface area contributed by atoms with Gasteiger partial charge < -0.3 is 50.7 Å². The SMILES string of the molecule is CC(N)(CC(=O)[O-])C(CC(=O)[O-])(CC(=O)[O-])NCC(=O)[O-].[Na+].[Na+].[Na+].[Na+]. The van der Waals surface area contributed by atoms with E-state index in [0.717, 1.165) is 6.92 Å². The number of nitrogens with one attached hydrogen (secondary N) is 1. The fourth-order valence-corrected chi connectivity index (χ4v) is 2.00. The first kappa shape index (κ1) is 37.5. The van der Waals surface area contributed by atoms with Crippen LogP contribution in [0.15, 0.2) is 0 Å². The molecule has 0 radical (unpaired) electrons. The summed E-state index contributed by atoms with van der Waals surface area (Å²) in [6.45, 7) is 0.108. The van der Waals surface area contributed by atoms with E-state index >= 15 is 0 Å². The quantitative estimate of drug-likeness (QED) is 0.335. The molecule has 14 heteroatoms. The molecule has 0 saturated carbocycles. The Hall–Kier alpha value is 1.80. The predicted molar refractivity (Wildman–Crippen MR) is 57.2 cm³/mol. The van der Waals surface area contributed by atoms with Crippen LogP contribution >= 0.6 is 0 Å². The van der Waals surface area contributed by atoms with Gasteiger partial charge in [-0.1, -0.05) is 0 Å². The number of carbonyl (C=O) groups is 4. The van der Waals surface area contributed by atoms with Crippen molar-refractivity contribution in [2.24, 2.45) is 5.73 Å². The van der Waals surface area contributed by atoms with Crippen LogP contribution in [-0.4, -0.2) is 41.5 Å². The van der Waals surface area contributed by atoms with E-state index in [-0.39, 0.29) is 118 Å².